The molecule has 3 N–H and O–H groups in total. The zero-order valence-electron chi connectivity index (χ0n) is 16.8. The highest BCUT2D eigenvalue weighted by Gasteiger charge is 2.09. The van der Waals surface area contributed by atoms with Gasteiger partial charge in [0.1, 0.15) is 17.2 Å². The number of carbonyl (C=O) groups is 3. The normalized spacial score (nSPS) is 10.2. The second-order valence-electron chi connectivity index (χ2n) is 6.64. The maximum atomic E-state index is 12.2. The second kappa shape index (κ2) is 10.0. The number of benzene rings is 2. The Morgan fingerprint density at radius 1 is 1.00 bits per heavy atom. The minimum atomic E-state index is -1.05. The number of amides is 2. The molecule has 158 valence electrons. The zero-order valence-corrected chi connectivity index (χ0v) is 16.8. The SMILES string of the molecule is CNC(=O)c1cc(Oc2cccc(CCC(=O)Nc3cccc(C(=O)O)c3)c2)ccn1. The number of anilines is 1. The van der Waals surface area contributed by atoms with Gasteiger partial charge < -0.3 is 20.5 Å². The first-order chi connectivity index (χ1) is 14.9. The Balaban J connectivity index is 1.59. The monoisotopic (exact) mass is 419 g/mol. The Morgan fingerprint density at radius 2 is 1.77 bits per heavy atom. The number of ether oxygens (including phenoxy) is 1. The van der Waals surface area contributed by atoms with Crippen molar-refractivity contribution >= 4 is 23.5 Å². The summed E-state index contributed by atoms with van der Waals surface area (Å²) in [7, 11) is 1.53. The van der Waals surface area contributed by atoms with Crippen molar-refractivity contribution in [3.63, 3.8) is 0 Å². The van der Waals surface area contributed by atoms with Crippen LogP contribution in [0.3, 0.4) is 0 Å². The summed E-state index contributed by atoms with van der Waals surface area (Å²) in [6.07, 6.45) is 2.19. The molecular weight excluding hydrogens is 398 g/mol. The Bertz CT molecular complexity index is 1110. The fourth-order valence-corrected chi connectivity index (χ4v) is 2.84. The van der Waals surface area contributed by atoms with Crippen LogP contribution in [-0.2, 0) is 11.2 Å². The lowest BCUT2D eigenvalue weighted by Crippen LogP contribution is -2.18. The summed E-state index contributed by atoms with van der Waals surface area (Å²) in [5.74, 6) is -0.537. The van der Waals surface area contributed by atoms with Crippen LogP contribution in [0, 0.1) is 0 Å². The fourth-order valence-electron chi connectivity index (χ4n) is 2.84. The number of rotatable bonds is 8. The average molecular weight is 419 g/mol. The molecule has 8 nitrogen and oxygen atoms in total. The first-order valence-corrected chi connectivity index (χ1v) is 9.53. The number of nitrogens with zero attached hydrogens (tertiary/aromatic N) is 1. The summed E-state index contributed by atoms with van der Waals surface area (Å²) >= 11 is 0. The van der Waals surface area contributed by atoms with E-state index in [-0.39, 0.29) is 29.5 Å². The standard InChI is InChI=1S/C23H21N3O5/c1-24-22(28)20-14-19(10-11-25-20)31-18-7-2-4-15(12-18)8-9-21(27)26-17-6-3-5-16(13-17)23(29)30/h2-7,10-14H,8-9H2,1H3,(H,24,28)(H,26,27)(H,29,30). The number of aromatic carboxylic acids is 1. The summed E-state index contributed by atoms with van der Waals surface area (Å²) < 4.78 is 5.82. The van der Waals surface area contributed by atoms with Crippen molar-refractivity contribution in [1.82, 2.24) is 10.3 Å². The van der Waals surface area contributed by atoms with E-state index in [4.69, 9.17) is 9.84 Å². The first-order valence-electron chi connectivity index (χ1n) is 9.53. The molecule has 8 heteroatoms. The molecule has 2 amide bonds. The van der Waals surface area contributed by atoms with E-state index in [1.807, 2.05) is 18.2 Å². The molecule has 1 heterocycles. The Kier molecular flexibility index (Phi) is 6.95. The summed E-state index contributed by atoms with van der Waals surface area (Å²) in [6.45, 7) is 0. The van der Waals surface area contributed by atoms with E-state index in [1.165, 1.54) is 25.4 Å². The van der Waals surface area contributed by atoms with Crippen LogP contribution < -0.4 is 15.4 Å². The van der Waals surface area contributed by atoms with E-state index in [0.29, 0.717) is 23.6 Å². The van der Waals surface area contributed by atoms with Crippen molar-refractivity contribution in [2.45, 2.75) is 12.8 Å². The maximum absolute atomic E-state index is 12.2. The van der Waals surface area contributed by atoms with Crippen LogP contribution in [0.5, 0.6) is 11.5 Å². The van der Waals surface area contributed by atoms with Gasteiger partial charge in [-0.15, -0.1) is 0 Å². The lowest BCUT2D eigenvalue weighted by atomic mass is 10.1. The van der Waals surface area contributed by atoms with E-state index in [1.54, 1.807) is 30.3 Å². The lowest BCUT2D eigenvalue weighted by Gasteiger charge is -2.09. The highest BCUT2D eigenvalue weighted by atomic mass is 16.5. The van der Waals surface area contributed by atoms with Gasteiger partial charge in [0.15, 0.2) is 0 Å². The molecule has 0 saturated heterocycles. The summed E-state index contributed by atoms with van der Waals surface area (Å²) in [6, 6.07) is 16.6. The van der Waals surface area contributed by atoms with E-state index in [2.05, 4.69) is 15.6 Å². The number of hydrogen-bond donors (Lipinski definition) is 3. The van der Waals surface area contributed by atoms with Gasteiger partial charge in [0.25, 0.3) is 5.91 Å². The van der Waals surface area contributed by atoms with Crippen LogP contribution in [-0.4, -0.2) is 34.9 Å². The van der Waals surface area contributed by atoms with Gasteiger partial charge in [-0.3, -0.25) is 14.6 Å². The topological polar surface area (TPSA) is 118 Å². The summed E-state index contributed by atoms with van der Waals surface area (Å²) in [5.41, 5.74) is 1.69. The van der Waals surface area contributed by atoms with Crippen molar-refractivity contribution < 1.29 is 24.2 Å². The second-order valence-corrected chi connectivity index (χ2v) is 6.64. The first kappa shape index (κ1) is 21.5. The highest BCUT2D eigenvalue weighted by Crippen LogP contribution is 2.23. The largest absolute Gasteiger partial charge is 0.478 e. The number of carbonyl (C=O) groups excluding carboxylic acids is 2. The molecule has 0 aliphatic rings. The van der Waals surface area contributed by atoms with Gasteiger partial charge in [-0.2, -0.15) is 0 Å². The van der Waals surface area contributed by atoms with Gasteiger partial charge in [-0.25, -0.2) is 4.79 Å². The van der Waals surface area contributed by atoms with Crippen molar-refractivity contribution in [2.75, 3.05) is 12.4 Å². The summed E-state index contributed by atoms with van der Waals surface area (Å²) in [4.78, 5) is 39.0. The molecule has 0 aliphatic heterocycles. The Morgan fingerprint density at radius 3 is 2.55 bits per heavy atom. The molecule has 1 aromatic heterocycles. The van der Waals surface area contributed by atoms with Crippen LogP contribution in [0.2, 0.25) is 0 Å². The smallest absolute Gasteiger partial charge is 0.335 e. The minimum absolute atomic E-state index is 0.110. The molecular formula is C23H21N3O5. The van der Waals surface area contributed by atoms with Crippen LogP contribution in [0.1, 0.15) is 32.8 Å². The number of hydrogen-bond acceptors (Lipinski definition) is 5. The van der Waals surface area contributed by atoms with Gasteiger partial charge in [-0.05, 0) is 48.4 Å². The molecule has 0 bridgehead atoms. The molecule has 0 spiro atoms. The fraction of sp³-hybridized carbons (Fsp3) is 0.130. The third-order valence-electron chi connectivity index (χ3n) is 4.36. The van der Waals surface area contributed by atoms with Crippen LogP contribution in [0.4, 0.5) is 5.69 Å². The molecule has 31 heavy (non-hydrogen) atoms. The molecule has 3 rings (SSSR count). The average Bonchev–Trinajstić information content (AvgIpc) is 2.78. The molecule has 0 radical (unpaired) electrons. The van der Waals surface area contributed by atoms with Crippen molar-refractivity contribution in [3.8, 4) is 11.5 Å². The van der Waals surface area contributed by atoms with Crippen molar-refractivity contribution in [1.29, 1.82) is 0 Å². The van der Waals surface area contributed by atoms with Crippen LogP contribution >= 0.6 is 0 Å². The lowest BCUT2D eigenvalue weighted by molar-refractivity contribution is -0.116. The predicted molar refractivity (Wildman–Crippen MR) is 114 cm³/mol. The number of aryl methyl sites for hydroxylation is 1. The summed E-state index contributed by atoms with van der Waals surface area (Å²) in [5, 5.41) is 14.3. The van der Waals surface area contributed by atoms with E-state index >= 15 is 0 Å². The van der Waals surface area contributed by atoms with Gasteiger partial charge in [-0.1, -0.05) is 18.2 Å². The number of carboxylic acids is 1. The number of nitrogens with one attached hydrogen (secondary N) is 2. The van der Waals surface area contributed by atoms with E-state index in [0.717, 1.165) is 5.56 Å². The third kappa shape index (κ3) is 6.14. The van der Waals surface area contributed by atoms with Crippen LogP contribution in [0.15, 0.2) is 66.9 Å². The molecule has 0 aliphatic carbocycles. The Hall–Kier alpha value is -4.20. The highest BCUT2D eigenvalue weighted by molar-refractivity contribution is 5.94. The van der Waals surface area contributed by atoms with Crippen LogP contribution in [0.25, 0.3) is 0 Å². The maximum Gasteiger partial charge on any atom is 0.335 e. The van der Waals surface area contributed by atoms with Gasteiger partial charge in [0.2, 0.25) is 5.91 Å². The van der Waals surface area contributed by atoms with Crippen molar-refractivity contribution in [3.05, 3.63) is 83.7 Å². The zero-order chi connectivity index (χ0) is 22.2. The predicted octanol–water partition coefficient (Wildman–Crippen LogP) is 3.50. The van der Waals surface area contributed by atoms with Gasteiger partial charge in [0, 0.05) is 31.4 Å². The third-order valence-corrected chi connectivity index (χ3v) is 4.36. The molecule has 0 unspecified atom stereocenters. The molecule has 0 fully saturated rings. The number of carboxylic acid groups (broad SMARTS) is 1. The number of pyridine rings is 1. The van der Waals surface area contributed by atoms with Gasteiger partial charge in [0.05, 0.1) is 5.56 Å². The van der Waals surface area contributed by atoms with Gasteiger partial charge >= 0.3 is 5.97 Å². The molecule has 3 aromatic rings. The quantitative estimate of drug-likeness (QED) is 0.514. The molecule has 2 aromatic carbocycles. The Labute approximate surface area is 178 Å². The number of aromatic nitrogens is 1. The van der Waals surface area contributed by atoms with E-state index in [9.17, 15) is 14.4 Å². The molecule has 0 saturated carbocycles. The van der Waals surface area contributed by atoms with Crippen molar-refractivity contribution in [2.24, 2.45) is 0 Å². The minimum Gasteiger partial charge on any atom is -0.478 e. The van der Waals surface area contributed by atoms with E-state index < -0.39 is 5.97 Å². The molecule has 0 atom stereocenters.